The van der Waals surface area contributed by atoms with Gasteiger partial charge < -0.3 is 15.6 Å². The molecule has 1 aromatic heterocycles. The minimum absolute atomic E-state index is 0.0752. The van der Waals surface area contributed by atoms with Crippen LogP contribution in [0.5, 0.6) is 5.88 Å². The second kappa shape index (κ2) is 4.73. The van der Waals surface area contributed by atoms with Gasteiger partial charge in [-0.25, -0.2) is 13.8 Å². The van der Waals surface area contributed by atoms with Crippen molar-refractivity contribution < 1.29 is 23.4 Å². The number of carboxylic acid groups (broad SMARTS) is 1. The van der Waals surface area contributed by atoms with Crippen LogP contribution in [0.3, 0.4) is 0 Å². The van der Waals surface area contributed by atoms with Crippen LogP contribution in [0.25, 0.3) is 0 Å². The molecular weight excluding hydrogens is 222 g/mol. The molecule has 0 spiro atoms. The van der Waals surface area contributed by atoms with Crippen molar-refractivity contribution in [1.82, 2.24) is 4.98 Å². The lowest BCUT2D eigenvalue weighted by atomic mass is 10.2. The standard InChI is InChI=1S/C9H10F2N2O3/c1-16-9-7(8(10)11)5(12)2-4(13-9)3-6(14)15/h2,8H,3H2,1H3,(H2,12,13)(H,14,15). The topological polar surface area (TPSA) is 85.4 Å². The number of hydrogen-bond donors (Lipinski definition) is 2. The van der Waals surface area contributed by atoms with E-state index < -0.39 is 24.4 Å². The smallest absolute Gasteiger partial charge is 0.309 e. The van der Waals surface area contributed by atoms with Crippen LogP contribution in [0.15, 0.2) is 6.07 Å². The van der Waals surface area contributed by atoms with Crippen molar-refractivity contribution in [2.45, 2.75) is 12.8 Å². The van der Waals surface area contributed by atoms with Gasteiger partial charge in [-0.3, -0.25) is 4.79 Å². The monoisotopic (exact) mass is 232 g/mol. The lowest BCUT2D eigenvalue weighted by molar-refractivity contribution is -0.136. The van der Waals surface area contributed by atoms with E-state index in [1.807, 2.05) is 0 Å². The highest BCUT2D eigenvalue weighted by molar-refractivity contribution is 5.70. The predicted molar refractivity (Wildman–Crippen MR) is 51.5 cm³/mol. The van der Waals surface area contributed by atoms with Gasteiger partial charge in [-0.05, 0) is 6.07 Å². The highest BCUT2D eigenvalue weighted by Gasteiger charge is 2.20. The van der Waals surface area contributed by atoms with Crippen LogP contribution < -0.4 is 10.5 Å². The second-order valence-electron chi connectivity index (χ2n) is 3.00. The first-order chi connectivity index (χ1) is 7.45. The molecule has 0 saturated heterocycles. The zero-order valence-corrected chi connectivity index (χ0v) is 8.41. The highest BCUT2D eigenvalue weighted by atomic mass is 19.3. The number of alkyl halides is 2. The molecule has 0 aliphatic carbocycles. The summed E-state index contributed by atoms with van der Waals surface area (Å²) in [6.45, 7) is 0. The number of hydrogen-bond acceptors (Lipinski definition) is 4. The summed E-state index contributed by atoms with van der Waals surface area (Å²) in [6.07, 6.45) is -3.22. The molecule has 0 bridgehead atoms. The maximum absolute atomic E-state index is 12.6. The predicted octanol–water partition coefficient (Wildman–Crippen LogP) is 1.24. The zero-order valence-electron chi connectivity index (χ0n) is 8.41. The van der Waals surface area contributed by atoms with Gasteiger partial charge >= 0.3 is 5.97 Å². The summed E-state index contributed by atoms with van der Waals surface area (Å²) < 4.78 is 29.8. The van der Waals surface area contributed by atoms with Crippen molar-refractivity contribution in [1.29, 1.82) is 0 Å². The van der Waals surface area contributed by atoms with Gasteiger partial charge in [0.25, 0.3) is 6.43 Å². The molecule has 0 aliphatic rings. The van der Waals surface area contributed by atoms with Crippen molar-refractivity contribution in [3.8, 4) is 5.88 Å². The average molecular weight is 232 g/mol. The van der Waals surface area contributed by atoms with Crippen LogP contribution >= 0.6 is 0 Å². The van der Waals surface area contributed by atoms with Crippen LogP contribution in [-0.4, -0.2) is 23.2 Å². The lowest BCUT2D eigenvalue weighted by Crippen LogP contribution is -2.08. The van der Waals surface area contributed by atoms with E-state index >= 15 is 0 Å². The minimum atomic E-state index is -2.82. The van der Waals surface area contributed by atoms with Gasteiger partial charge in [0, 0.05) is 5.69 Å². The molecule has 1 heterocycles. The van der Waals surface area contributed by atoms with Crippen molar-refractivity contribution in [3.05, 3.63) is 17.3 Å². The highest BCUT2D eigenvalue weighted by Crippen LogP contribution is 2.32. The molecule has 1 aromatic rings. The Morgan fingerprint density at radius 2 is 2.31 bits per heavy atom. The Bertz CT molecular complexity index is 410. The van der Waals surface area contributed by atoms with Crippen molar-refractivity contribution in [3.63, 3.8) is 0 Å². The van der Waals surface area contributed by atoms with Crippen LogP contribution in [0.1, 0.15) is 17.7 Å². The molecule has 0 atom stereocenters. The van der Waals surface area contributed by atoms with Gasteiger partial charge in [-0.1, -0.05) is 0 Å². The molecule has 0 radical (unpaired) electrons. The molecule has 0 fully saturated rings. The quantitative estimate of drug-likeness (QED) is 0.815. The number of nitrogens with zero attached hydrogens (tertiary/aromatic N) is 1. The van der Waals surface area contributed by atoms with Gasteiger partial charge in [0.1, 0.15) is 5.56 Å². The largest absolute Gasteiger partial charge is 0.481 e. The number of nitrogen functional groups attached to an aromatic ring is 1. The molecule has 0 aromatic carbocycles. The van der Waals surface area contributed by atoms with Gasteiger partial charge in [-0.2, -0.15) is 0 Å². The van der Waals surface area contributed by atoms with Gasteiger partial charge in [0.15, 0.2) is 0 Å². The molecule has 0 saturated carbocycles. The number of aromatic nitrogens is 1. The van der Waals surface area contributed by atoms with Crippen LogP contribution in [0.4, 0.5) is 14.5 Å². The number of carbonyl (C=O) groups is 1. The normalized spacial score (nSPS) is 10.5. The fourth-order valence-electron chi connectivity index (χ4n) is 1.22. The van der Waals surface area contributed by atoms with E-state index in [1.54, 1.807) is 0 Å². The number of anilines is 1. The van der Waals surface area contributed by atoms with E-state index in [2.05, 4.69) is 9.72 Å². The molecule has 3 N–H and O–H groups in total. The summed E-state index contributed by atoms with van der Waals surface area (Å²) in [7, 11) is 1.16. The van der Waals surface area contributed by atoms with Gasteiger partial charge in [0.05, 0.1) is 19.2 Å². The first-order valence-electron chi connectivity index (χ1n) is 4.29. The zero-order chi connectivity index (χ0) is 12.3. The SMILES string of the molecule is COc1nc(CC(=O)O)cc(N)c1C(F)F. The number of halogens is 2. The number of ether oxygens (including phenoxy) is 1. The molecule has 7 heteroatoms. The second-order valence-corrected chi connectivity index (χ2v) is 3.00. The van der Waals surface area contributed by atoms with Gasteiger partial charge in [-0.15, -0.1) is 0 Å². The van der Waals surface area contributed by atoms with Gasteiger partial charge in [0.2, 0.25) is 5.88 Å². The average Bonchev–Trinajstić information content (AvgIpc) is 2.14. The molecule has 1 rings (SSSR count). The Labute approximate surface area is 89.9 Å². The number of rotatable bonds is 4. The van der Waals surface area contributed by atoms with Crippen molar-refractivity contribution >= 4 is 11.7 Å². The Morgan fingerprint density at radius 1 is 1.69 bits per heavy atom. The number of carboxylic acids is 1. The Balaban J connectivity index is 3.20. The maximum atomic E-state index is 12.6. The third-order valence-corrected chi connectivity index (χ3v) is 1.85. The fraction of sp³-hybridized carbons (Fsp3) is 0.333. The molecule has 0 amide bonds. The Kier molecular flexibility index (Phi) is 3.60. The van der Waals surface area contributed by atoms with E-state index in [9.17, 15) is 13.6 Å². The molecular formula is C9H10F2N2O3. The number of pyridine rings is 1. The van der Waals surface area contributed by atoms with Crippen molar-refractivity contribution in [2.75, 3.05) is 12.8 Å². The van der Waals surface area contributed by atoms with E-state index in [0.29, 0.717) is 0 Å². The summed E-state index contributed by atoms with van der Waals surface area (Å²) in [4.78, 5) is 14.1. The first-order valence-corrected chi connectivity index (χ1v) is 4.29. The summed E-state index contributed by atoms with van der Waals surface area (Å²) in [5.41, 5.74) is 4.72. The summed E-state index contributed by atoms with van der Waals surface area (Å²) in [6, 6.07) is 1.11. The third kappa shape index (κ3) is 2.56. The lowest BCUT2D eigenvalue weighted by Gasteiger charge is -2.11. The molecule has 88 valence electrons. The van der Waals surface area contributed by atoms with Crippen LogP contribution in [0, 0.1) is 0 Å². The van der Waals surface area contributed by atoms with E-state index in [1.165, 1.54) is 0 Å². The Morgan fingerprint density at radius 3 is 2.75 bits per heavy atom. The van der Waals surface area contributed by atoms with E-state index in [0.717, 1.165) is 13.2 Å². The molecule has 0 unspecified atom stereocenters. The number of nitrogens with two attached hydrogens (primary N) is 1. The molecule has 16 heavy (non-hydrogen) atoms. The summed E-state index contributed by atoms with van der Waals surface area (Å²) >= 11 is 0. The minimum Gasteiger partial charge on any atom is -0.481 e. The summed E-state index contributed by atoms with van der Waals surface area (Å²) in [5.74, 6) is -1.47. The van der Waals surface area contributed by atoms with E-state index in [4.69, 9.17) is 10.8 Å². The first kappa shape index (κ1) is 12.2. The maximum Gasteiger partial charge on any atom is 0.309 e. The third-order valence-electron chi connectivity index (χ3n) is 1.85. The number of methoxy groups -OCH3 is 1. The van der Waals surface area contributed by atoms with Crippen LogP contribution in [-0.2, 0) is 11.2 Å². The molecule has 0 aliphatic heterocycles. The van der Waals surface area contributed by atoms with Crippen LogP contribution in [0.2, 0.25) is 0 Å². The molecule has 5 nitrogen and oxygen atoms in total. The Hall–Kier alpha value is -1.92. The number of aliphatic carboxylic acids is 1. The summed E-state index contributed by atoms with van der Waals surface area (Å²) in [5, 5.41) is 8.53. The fourth-order valence-corrected chi connectivity index (χ4v) is 1.22. The van der Waals surface area contributed by atoms with Crippen molar-refractivity contribution in [2.24, 2.45) is 0 Å². The van der Waals surface area contributed by atoms with E-state index in [-0.39, 0.29) is 17.3 Å².